The Balaban J connectivity index is 1.62. The maximum absolute atomic E-state index is 3.67. The van der Waals surface area contributed by atoms with Crippen LogP contribution in [0, 0.1) is 17.7 Å². The normalized spacial score (nSPS) is 15.5. The highest BCUT2D eigenvalue weighted by atomic mass is 15.2. The molecule has 0 amide bonds. The number of anilines is 2. The lowest BCUT2D eigenvalue weighted by atomic mass is 9.71. The largest absolute Gasteiger partial charge is 0.463 e. The van der Waals surface area contributed by atoms with E-state index in [0.29, 0.717) is 5.92 Å². The number of nitrogens with zero attached hydrogens (tertiary/aromatic N) is 1. The van der Waals surface area contributed by atoms with Crippen LogP contribution in [0.3, 0.4) is 0 Å². The summed E-state index contributed by atoms with van der Waals surface area (Å²) in [4.78, 5) is 2.40. The topological polar surface area (TPSA) is 15.3 Å². The predicted octanol–water partition coefficient (Wildman–Crippen LogP) is 4.71. The van der Waals surface area contributed by atoms with Crippen LogP contribution in [-0.4, -0.2) is 6.98 Å². The molecule has 120 valence electrons. The van der Waals surface area contributed by atoms with Gasteiger partial charge in [-0.3, -0.25) is 0 Å². The van der Waals surface area contributed by atoms with E-state index in [-0.39, 0.29) is 6.98 Å². The van der Waals surface area contributed by atoms with Gasteiger partial charge in [0.25, 0.3) is 0 Å². The summed E-state index contributed by atoms with van der Waals surface area (Å²) in [5.41, 5.74) is 3.76. The van der Waals surface area contributed by atoms with Crippen LogP contribution in [0.4, 0.5) is 11.4 Å². The van der Waals surface area contributed by atoms with Gasteiger partial charge >= 0.3 is 6.98 Å². The first-order valence-corrected chi connectivity index (χ1v) is 8.98. The number of rotatable bonds is 2. The van der Waals surface area contributed by atoms with E-state index >= 15 is 0 Å². The van der Waals surface area contributed by atoms with Crippen molar-refractivity contribution in [3.05, 3.63) is 72.3 Å². The fourth-order valence-corrected chi connectivity index (χ4v) is 3.54. The average Bonchev–Trinajstić information content (AvgIpc) is 3.48. The summed E-state index contributed by atoms with van der Waals surface area (Å²) in [5.74, 6) is 7.56. The second kappa shape index (κ2) is 5.90. The smallest absolute Gasteiger partial charge is 0.398 e. The summed E-state index contributed by atoms with van der Waals surface area (Å²) in [6.45, 7) is 0.868. The maximum Gasteiger partial charge on any atom is 0.463 e. The molecule has 1 aliphatic carbocycles. The Bertz CT molecular complexity index is 978. The zero-order valence-electron chi connectivity index (χ0n) is 14.1. The fraction of sp³-hybridized carbons (Fsp3) is 0.182. The van der Waals surface area contributed by atoms with E-state index in [0.717, 1.165) is 6.54 Å². The molecular weight excluding hydrogens is 303 g/mol. The molecule has 1 fully saturated rings. The standard InChI is InChI=1S/C22H19BN2/c1-2-6-18(7-3-1)16-25-21-11-5-9-19-8-4-10-20(22(19)21)24-23(25)15-14-17-12-13-17/h1-11,17,24H,12-13,16H2. The highest BCUT2D eigenvalue weighted by Crippen LogP contribution is 2.38. The molecule has 1 aliphatic heterocycles. The minimum absolute atomic E-state index is 0.0151. The van der Waals surface area contributed by atoms with E-state index in [1.807, 2.05) is 0 Å². The van der Waals surface area contributed by atoms with Crippen molar-refractivity contribution in [2.75, 3.05) is 10.0 Å². The van der Waals surface area contributed by atoms with E-state index < -0.39 is 0 Å². The first-order chi connectivity index (χ1) is 12.4. The predicted molar refractivity (Wildman–Crippen MR) is 106 cm³/mol. The van der Waals surface area contributed by atoms with Gasteiger partial charge in [0, 0.05) is 29.2 Å². The molecule has 0 bridgehead atoms. The highest BCUT2D eigenvalue weighted by molar-refractivity contribution is 6.75. The minimum Gasteiger partial charge on any atom is -0.398 e. The molecule has 3 aromatic rings. The van der Waals surface area contributed by atoms with Crippen molar-refractivity contribution in [3.63, 3.8) is 0 Å². The Labute approximate surface area is 149 Å². The zero-order chi connectivity index (χ0) is 16.6. The van der Waals surface area contributed by atoms with Gasteiger partial charge in [-0.2, -0.15) is 0 Å². The minimum atomic E-state index is 0.0151. The first kappa shape index (κ1) is 14.5. The van der Waals surface area contributed by atoms with E-state index in [4.69, 9.17) is 0 Å². The molecule has 0 radical (unpaired) electrons. The van der Waals surface area contributed by atoms with E-state index in [1.54, 1.807) is 0 Å². The van der Waals surface area contributed by atoms with Crippen molar-refractivity contribution >= 4 is 29.1 Å². The third kappa shape index (κ3) is 2.74. The van der Waals surface area contributed by atoms with E-state index in [1.165, 1.54) is 40.6 Å². The Kier molecular flexibility index (Phi) is 3.42. The number of hydrogen-bond acceptors (Lipinski definition) is 2. The van der Waals surface area contributed by atoms with Crippen LogP contribution in [0.15, 0.2) is 66.7 Å². The molecule has 0 aromatic heterocycles. The summed E-state index contributed by atoms with van der Waals surface area (Å²) in [6.07, 6.45) is 2.51. The molecule has 3 aromatic carbocycles. The lowest BCUT2D eigenvalue weighted by Gasteiger charge is -2.35. The van der Waals surface area contributed by atoms with Crippen LogP contribution in [-0.2, 0) is 6.54 Å². The summed E-state index contributed by atoms with van der Waals surface area (Å²) in [7, 11) is 0. The lowest BCUT2D eigenvalue weighted by Crippen LogP contribution is -2.47. The average molecular weight is 322 g/mol. The van der Waals surface area contributed by atoms with Gasteiger partial charge in [-0.15, -0.1) is 5.92 Å². The number of benzene rings is 3. The van der Waals surface area contributed by atoms with Gasteiger partial charge in [-0.05, 0) is 35.9 Å². The van der Waals surface area contributed by atoms with Crippen LogP contribution in [0.5, 0.6) is 0 Å². The van der Waals surface area contributed by atoms with Gasteiger partial charge in [0.2, 0.25) is 0 Å². The Morgan fingerprint density at radius 1 is 0.960 bits per heavy atom. The van der Waals surface area contributed by atoms with Crippen LogP contribution >= 0.6 is 0 Å². The number of nitrogens with one attached hydrogen (secondary N) is 1. The van der Waals surface area contributed by atoms with Crippen molar-refractivity contribution in [3.8, 4) is 11.7 Å². The molecule has 0 spiro atoms. The molecule has 1 N–H and O–H groups in total. The van der Waals surface area contributed by atoms with Crippen molar-refractivity contribution in [1.82, 2.24) is 0 Å². The molecule has 0 unspecified atom stereocenters. The molecule has 0 saturated heterocycles. The molecule has 2 aliphatic rings. The van der Waals surface area contributed by atoms with Crippen molar-refractivity contribution in [1.29, 1.82) is 0 Å². The van der Waals surface area contributed by atoms with Gasteiger partial charge in [-0.1, -0.05) is 60.4 Å². The van der Waals surface area contributed by atoms with Gasteiger partial charge in [0.05, 0.1) is 0 Å². The molecule has 0 atom stereocenters. The Morgan fingerprint density at radius 2 is 1.76 bits per heavy atom. The van der Waals surface area contributed by atoms with Gasteiger partial charge in [-0.25, -0.2) is 0 Å². The van der Waals surface area contributed by atoms with Gasteiger partial charge in [0.1, 0.15) is 0 Å². The van der Waals surface area contributed by atoms with Crippen LogP contribution in [0.2, 0.25) is 0 Å². The van der Waals surface area contributed by atoms with Crippen LogP contribution in [0.1, 0.15) is 18.4 Å². The first-order valence-electron chi connectivity index (χ1n) is 8.98. The van der Waals surface area contributed by atoms with Gasteiger partial charge < -0.3 is 10.0 Å². The lowest BCUT2D eigenvalue weighted by molar-refractivity contribution is 1.03. The van der Waals surface area contributed by atoms with E-state index in [2.05, 4.69) is 88.5 Å². The zero-order valence-corrected chi connectivity index (χ0v) is 14.1. The Hall–Kier alpha value is -2.86. The summed E-state index contributed by atoms with van der Waals surface area (Å²) < 4.78 is 0. The highest BCUT2D eigenvalue weighted by Gasteiger charge is 2.31. The third-order valence-corrected chi connectivity index (χ3v) is 4.99. The van der Waals surface area contributed by atoms with E-state index in [9.17, 15) is 0 Å². The molecule has 3 heteroatoms. The quantitative estimate of drug-likeness (QED) is 0.543. The van der Waals surface area contributed by atoms with Crippen molar-refractivity contribution in [2.24, 2.45) is 5.92 Å². The number of hydrogen-bond donors (Lipinski definition) is 1. The molecule has 25 heavy (non-hydrogen) atoms. The van der Waals surface area contributed by atoms with Crippen LogP contribution in [0.25, 0.3) is 10.8 Å². The SMILES string of the molecule is C(#CC1CC1)B1Nc2cccc3cccc(c23)N1Cc1ccccc1. The third-order valence-electron chi connectivity index (χ3n) is 4.99. The van der Waals surface area contributed by atoms with Crippen LogP contribution < -0.4 is 10.0 Å². The molecule has 2 nitrogen and oxygen atoms in total. The summed E-state index contributed by atoms with van der Waals surface area (Å²) >= 11 is 0. The summed E-state index contributed by atoms with van der Waals surface area (Å²) in [6, 6.07) is 23.7. The van der Waals surface area contributed by atoms with Gasteiger partial charge in [0.15, 0.2) is 0 Å². The summed E-state index contributed by atoms with van der Waals surface area (Å²) in [5, 5.41) is 6.24. The second-order valence-electron chi connectivity index (χ2n) is 6.90. The Morgan fingerprint density at radius 3 is 2.56 bits per heavy atom. The van der Waals surface area contributed by atoms with Crippen molar-refractivity contribution < 1.29 is 0 Å². The monoisotopic (exact) mass is 322 g/mol. The van der Waals surface area contributed by atoms with Crippen molar-refractivity contribution in [2.45, 2.75) is 19.4 Å². The molecule has 1 heterocycles. The fourth-order valence-electron chi connectivity index (χ4n) is 3.54. The second-order valence-corrected chi connectivity index (χ2v) is 6.90. The molecular formula is C22H19BN2. The molecule has 1 saturated carbocycles. The maximum atomic E-state index is 3.67. The molecule has 5 rings (SSSR count).